The van der Waals surface area contributed by atoms with E-state index in [1.165, 1.54) is 17.6 Å². The van der Waals surface area contributed by atoms with Crippen LogP contribution in [0.25, 0.3) is 5.69 Å². The van der Waals surface area contributed by atoms with Gasteiger partial charge in [-0.05, 0) is 111 Å². The van der Waals surface area contributed by atoms with E-state index in [2.05, 4.69) is 63.9 Å². The van der Waals surface area contributed by atoms with Crippen LogP contribution in [0, 0.1) is 13.8 Å². The van der Waals surface area contributed by atoms with Gasteiger partial charge in [0.05, 0.1) is 18.9 Å². The number of carbonyl (C=O) groups excluding carboxylic acids is 1. The standard InChI is InChI=1S/C31H34BrN3O5/c1-6-22(5)39-30-17-27(32)23(16-29(30)37-7-2)18-33-34-31(36)28-15-14-26(40-28)19-38-25-12-10-24(11-13-25)35-20(3)8-9-21(35)4/h8-18,22H,6-7,19H2,1-5H3,(H,34,36)/b33-18+/t22-/m0/s1. The number of aromatic nitrogens is 1. The highest BCUT2D eigenvalue weighted by molar-refractivity contribution is 9.10. The zero-order chi connectivity index (χ0) is 28.6. The molecule has 0 aliphatic rings. The third-order valence-corrected chi connectivity index (χ3v) is 6.96. The fraction of sp³-hybridized carbons (Fsp3) is 0.290. The van der Waals surface area contributed by atoms with Crippen molar-refractivity contribution in [2.75, 3.05) is 6.61 Å². The van der Waals surface area contributed by atoms with Gasteiger partial charge in [0.2, 0.25) is 0 Å². The normalized spacial score (nSPS) is 11.9. The van der Waals surface area contributed by atoms with Crippen LogP contribution in [-0.4, -0.2) is 29.4 Å². The first-order valence-corrected chi connectivity index (χ1v) is 14.0. The molecule has 1 amide bonds. The Morgan fingerprint density at radius 2 is 1.75 bits per heavy atom. The van der Waals surface area contributed by atoms with E-state index in [-0.39, 0.29) is 18.5 Å². The van der Waals surface area contributed by atoms with Crippen LogP contribution < -0.4 is 19.6 Å². The molecule has 2 aromatic heterocycles. The molecule has 2 aromatic carbocycles. The maximum Gasteiger partial charge on any atom is 0.307 e. The lowest BCUT2D eigenvalue weighted by atomic mass is 10.2. The molecule has 0 fully saturated rings. The van der Waals surface area contributed by atoms with E-state index in [4.69, 9.17) is 18.6 Å². The SMILES string of the molecule is CCOc1cc(/C=N/NC(=O)c2ccc(COc3ccc(-n4c(C)ccc4C)cc3)o2)c(Br)cc1O[C@@H](C)CC. The number of halogens is 1. The molecule has 2 heterocycles. The highest BCUT2D eigenvalue weighted by atomic mass is 79.9. The van der Waals surface area contributed by atoms with Gasteiger partial charge in [-0.15, -0.1) is 0 Å². The molecule has 40 heavy (non-hydrogen) atoms. The predicted octanol–water partition coefficient (Wildman–Crippen LogP) is 7.37. The summed E-state index contributed by atoms with van der Waals surface area (Å²) >= 11 is 3.54. The Balaban J connectivity index is 1.33. The predicted molar refractivity (Wildman–Crippen MR) is 159 cm³/mol. The number of benzene rings is 2. The Morgan fingerprint density at radius 1 is 1.02 bits per heavy atom. The van der Waals surface area contributed by atoms with Gasteiger partial charge in [0.15, 0.2) is 17.3 Å². The van der Waals surface area contributed by atoms with Crippen molar-refractivity contribution in [1.29, 1.82) is 0 Å². The number of hydrazone groups is 1. The average Bonchev–Trinajstić information content (AvgIpc) is 3.56. The van der Waals surface area contributed by atoms with Crippen LogP contribution in [0.15, 0.2) is 74.7 Å². The third kappa shape index (κ3) is 7.15. The summed E-state index contributed by atoms with van der Waals surface area (Å²) in [5.74, 6) is 2.15. The Bertz CT molecular complexity index is 1450. The van der Waals surface area contributed by atoms with E-state index in [1.807, 2.05) is 50.2 Å². The Hall–Kier alpha value is -3.98. The molecule has 210 valence electrons. The van der Waals surface area contributed by atoms with Crippen molar-refractivity contribution in [3.63, 3.8) is 0 Å². The molecule has 4 aromatic rings. The molecule has 0 radical (unpaired) electrons. The highest BCUT2D eigenvalue weighted by Gasteiger charge is 2.14. The molecule has 8 nitrogen and oxygen atoms in total. The van der Waals surface area contributed by atoms with E-state index >= 15 is 0 Å². The van der Waals surface area contributed by atoms with Gasteiger partial charge in [-0.3, -0.25) is 4.79 Å². The Kier molecular flexibility index (Phi) is 9.71. The van der Waals surface area contributed by atoms with Gasteiger partial charge in [-0.25, -0.2) is 5.43 Å². The van der Waals surface area contributed by atoms with Crippen molar-refractivity contribution in [2.45, 2.75) is 53.8 Å². The van der Waals surface area contributed by atoms with Gasteiger partial charge >= 0.3 is 5.91 Å². The fourth-order valence-corrected chi connectivity index (χ4v) is 4.45. The lowest BCUT2D eigenvalue weighted by Gasteiger charge is -2.17. The van der Waals surface area contributed by atoms with Crippen molar-refractivity contribution < 1.29 is 23.4 Å². The number of aryl methyl sites for hydroxylation is 2. The van der Waals surface area contributed by atoms with Crippen LogP contribution in [-0.2, 0) is 6.61 Å². The molecular formula is C31H34BrN3O5. The minimum atomic E-state index is -0.470. The smallest absolute Gasteiger partial charge is 0.307 e. The van der Waals surface area contributed by atoms with Gasteiger partial charge < -0.3 is 23.2 Å². The third-order valence-electron chi connectivity index (χ3n) is 6.27. The minimum Gasteiger partial charge on any atom is -0.490 e. The number of furan rings is 1. The van der Waals surface area contributed by atoms with E-state index in [9.17, 15) is 4.79 Å². The number of hydrogen-bond acceptors (Lipinski definition) is 6. The van der Waals surface area contributed by atoms with Crippen LogP contribution in [0.5, 0.6) is 17.2 Å². The van der Waals surface area contributed by atoms with Crippen molar-refractivity contribution in [1.82, 2.24) is 9.99 Å². The van der Waals surface area contributed by atoms with Gasteiger partial charge in [0.25, 0.3) is 0 Å². The maximum absolute atomic E-state index is 12.6. The van der Waals surface area contributed by atoms with E-state index in [0.717, 1.165) is 22.1 Å². The first-order valence-electron chi connectivity index (χ1n) is 13.2. The lowest BCUT2D eigenvalue weighted by Crippen LogP contribution is -2.17. The summed E-state index contributed by atoms with van der Waals surface area (Å²) < 4.78 is 26.2. The second-order valence-electron chi connectivity index (χ2n) is 9.29. The molecule has 0 saturated carbocycles. The quantitative estimate of drug-likeness (QED) is 0.134. The number of nitrogens with zero attached hydrogens (tertiary/aromatic N) is 2. The number of ether oxygens (including phenoxy) is 3. The number of nitrogens with one attached hydrogen (secondary N) is 1. The summed E-state index contributed by atoms with van der Waals surface area (Å²) in [6.45, 7) is 10.8. The lowest BCUT2D eigenvalue weighted by molar-refractivity contribution is 0.0923. The molecule has 0 aliphatic carbocycles. The molecule has 0 bridgehead atoms. The van der Waals surface area contributed by atoms with Crippen LogP contribution in [0.4, 0.5) is 0 Å². The summed E-state index contributed by atoms with van der Waals surface area (Å²) in [5.41, 5.74) is 6.63. The largest absolute Gasteiger partial charge is 0.490 e. The summed E-state index contributed by atoms with van der Waals surface area (Å²) in [4.78, 5) is 12.6. The molecule has 0 aliphatic heterocycles. The molecule has 1 N–H and O–H groups in total. The maximum atomic E-state index is 12.6. The van der Waals surface area contributed by atoms with Gasteiger partial charge in [0, 0.05) is 27.1 Å². The molecule has 4 rings (SSSR count). The molecule has 9 heteroatoms. The topological polar surface area (TPSA) is 87.2 Å². The van der Waals surface area contributed by atoms with Gasteiger partial charge in [-0.1, -0.05) is 6.92 Å². The highest BCUT2D eigenvalue weighted by Crippen LogP contribution is 2.34. The van der Waals surface area contributed by atoms with Crippen LogP contribution >= 0.6 is 15.9 Å². The fourth-order valence-electron chi connectivity index (χ4n) is 4.02. The Morgan fingerprint density at radius 3 is 2.42 bits per heavy atom. The van der Waals surface area contributed by atoms with E-state index in [1.54, 1.807) is 12.1 Å². The summed E-state index contributed by atoms with van der Waals surface area (Å²) in [6.07, 6.45) is 2.46. The van der Waals surface area contributed by atoms with Crippen LogP contribution in [0.1, 0.15) is 60.5 Å². The average molecular weight is 609 g/mol. The zero-order valence-electron chi connectivity index (χ0n) is 23.4. The van der Waals surface area contributed by atoms with Crippen molar-refractivity contribution in [3.05, 3.63) is 93.6 Å². The molecule has 0 saturated heterocycles. The zero-order valence-corrected chi connectivity index (χ0v) is 24.9. The summed E-state index contributed by atoms with van der Waals surface area (Å²) in [5, 5.41) is 4.09. The number of rotatable bonds is 12. The van der Waals surface area contributed by atoms with Gasteiger partial charge in [0.1, 0.15) is 18.1 Å². The minimum absolute atomic E-state index is 0.0535. The van der Waals surface area contributed by atoms with E-state index < -0.39 is 5.91 Å². The monoisotopic (exact) mass is 607 g/mol. The summed E-state index contributed by atoms with van der Waals surface area (Å²) in [7, 11) is 0. The molecule has 1 atom stereocenters. The number of carbonyl (C=O) groups is 1. The number of amides is 1. The first-order chi connectivity index (χ1) is 19.3. The van der Waals surface area contributed by atoms with Crippen molar-refractivity contribution in [3.8, 4) is 22.9 Å². The van der Waals surface area contributed by atoms with Crippen molar-refractivity contribution in [2.24, 2.45) is 5.10 Å². The summed E-state index contributed by atoms with van der Waals surface area (Å²) in [6, 6.07) is 19.0. The number of hydrogen-bond donors (Lipinski definition) is 1. The van der Waals surface area contributed by atoms with Gasteiger partial charge in [-0.2, -0.15) is 5.10 Å². The Labute approximate surface area is 243 Å². The second-order valence-corrected chi connectivity index (χ2v) is 10.1. The van der Waals surface area contributed by atoms with E-state index in [0.29, 0.717) is 29.6 Å². The molecule has 0 spiro atoms. The second kappa shape index (κ2) is 13.4. The molecule has 0 unspecified atom stereocenters. The van der Waals surface area contributed by atoms with Crippen LogP contribution in [0.2, 0.25) is 0 Å². The van der Waals surface area contributed by atoms with Crippen molar-refractivity contribution >= 4 is 28.1 Å². The first kappa shape index (κ1) is 29.0. The van der Waals surface area contributed by atoms with Crippen LogP contribution in [0.3, 0.4) is 0 Å². The molecular weight excluding hydrogens is 574 g/mol.